The van der Waals surface area contributed by atoms with Crippen LogP contribution < -0.4 is 10.6 Å². The highest BCUT2D eigenvalue weighted by atomic mass is 32.1. The highest BCUT2D eigenvalue weighted by molar-refractivity contribution is 7.12. The quantitative estimate of drug-likeness (QED) is 0.383. The lowest BCUT2D eigenvalue weighted by atomic mass is 10.2. The zero-order valence-electron chi connectivity index (χ0n) is 11.6. The number of hydrogen-bond acceptors (Lipinski definition) is 5. The third kappa shape index (κ3) is 3.57. The SMILES string of the molecule is Cc1ncsc1C(=O)N(CC/C(N)=N/O)c1ccccc1. The summed E-state index contributed by atoms with van der Waals surface area (Å²) in [6, 6.07) is 9.30. The molecule has 6 nitrogen and oxygen atoms in total. The Labute approximate surface area is 126 Å². The first-order chi connectivity index (χ1) is 10.1. The van der Waals surface area contributed by atoms with Crippen molar-refractivity contribution in [1.82, 2.24) is 4.98 Å². The summed E-state index contributed by atoms with van der Waals surface area (Å²) in [5, 5.41) is 11.6. The number of aromatic nitrogens is 1. The molecule has 1 aromatic carbocycles. The van der Waals surface area contributed by atoms with Gasteiger partial charge in [-0.05, 0) is 19.1 Å². The minimum atomic E-state index is -0.132. The van der Waals surface area contributed by atoms with Gasteiger partial charge < -0.3 is 15.8 Å². The van der Waals surface area contributed by atoms with Crippen LogP contribution in [0.2, 0.25) is 0 Å². The predicted octanol–water partition coefficient (Wildman–Crippen LogP) is 2.23. The van der Waals surface area contributed by atoms with Gasteiger partial charge in [0, 0.05) is 18.7 Å². The van der Waals surface area contributed by atoms with Crippen LogP contribution >= 0.6 is 11.3 Å². The second-order valence-corrected chi connectivity index (χ2v) is 5.26. The van der Waals surface area contributed by atoms with Crippen LogP contribution in [0.1, 0.15) is 21.8 Å². The van der Waals surface area contributed by atoms with E-state index in [1.165, 1.54) is 11.3 Å². The van der Waals surface area contributed by atoms with E-state index in [1.54, 1.807) is 17.3 Å². The lowest BCUT2D eigenvalue weighted by Gasteiger charge is -2.22. The number of rotatable bonds is 5. The van der Waals surface area contributed by atoms with Gasteiger partial charge in [-0.1, -0.05) is 23.4 Å². The molecule has 0 bridgehead atoms. The molecular formula is C14H16N4O2S. The molecular weight excluding hydrogens is 288 g/mol. The number of nitrogens with zero attached hydrogens (tertiary/aromatic N) is 3. The van der Waals surface area contributed by atoms with E-state index in [0.29, 0.717) is 17.1 Å². The Hall–Kier alpha value is -2.41. The van der Waals surface area contributed by atoms with Crippen LogP contribution in [0.4, 0.5) is 5.69 Å². The smallest absolute Gasteiger partial charge is 0.270 e. The number of nitrogens with two attached hydrogens (primary N) is 1. The summed E-state index contributed by atoms with van der Waals surface area (Å²) in [5.41, 5.74) is 8.62. The number of oxime groups is 1. The van der Waals surface area contributed by atoms with Crippen LogP contribution in [-0.4, -0.2) is 28.5 Å². The van der Waals surface area contributed by atoms with Crippen molar-refractivity contribution in [3.63, 3.8) is 0 Å². The number of benzene rings is 1. The second-order valence-electron chi connectivity index (χ2n) is 4.40. The minimum absolute atomic E-state index is 0.0877. The Morgan fingerprint density at radius 1 is 1.43 bits per heavy atom. The van der Waals surface area contributed by atoms with E-state index in [0.717, 1.165) is 5.69 Å². The lowest BCUT2D eigenvalue weighted by Crippen LogP contribution is -2.34. The van der Waals surface area contributed by atoms with E-state index in [-0.39, 0.29) is 18.2 Å². The van der Waals surface area contributed by atoms with E-state index in [2.05, 4.69) is 10.1 Å². The molecule has 0 fully saturated rings. The van der Waals surface area contributed by atoms with E-state index in [4.69, 9.17) is 10.9 Å². The minimum Gasteiger partial charge on any atom is -0.409 e. The van der Waals surface area contributed by atoms with E-state index < -0.39 is 0 Å². The zero-order chi connectivity index (χ0) is 15.2. The molecule has 2 rings (SSSR count). The molecule has 0 saturated carbocycles. The summed E-state index contributed by atoms with van der Waals surface area (Å²) in [7, 11) is 0. The first-order valence-corrected chi connectivity index (χ1v) is 7.25. The van der Waals surface area contributed by atoms with Crippen molar-refractivity contribution in [2.45, 2.75) is 13.3 Å². The monoisotopic (exact) mass is 304 g/mol. The fourth-order valence-corrected chi connectivity index (χ4v) is 2.61. The average Bonchev–Trinajstić information content (AvgIpc) is 2.94. The zero-order valence-corrected chi connectivity index (χ0v) is 12.4. The topological polar surface area (TPSA) is 91.8 Å². The van der Waals surface area contributed by atoms with Crippen molar-refractivity contribution in [3.05, 3.63) is 46.4 Å². The number of aryl methyl sites for hydroxylation is 1. The van der Waals surface area contributed by atoms with Crippen molar-refractivity contribution in [1.29, 1.82) is 0 Å². The highest BCUT2D eigenvalue weighted by Gasteiger charge is 2.21. The van der Waals surface area contributed by atoms with Gasteiger partial charge in [-0.25, -0.2) is 4.98 Å². The second kappa shape index (κ2) is 6.85. The summed E-state index contributed by atoms with van der Waals surface area (Å²) in [6.07, 6.45) is 0.287. The molecule has 0 aliphatic rings. The number of thiazole rings is 1. The number of hydrogen-bond donors (Lipinski definition) is 2. The normalized spacial score (nSPS) is 11.4. The van der Waals surface area contributed by atoms with E-state index >= 15 is 0 Å². The molecule has 0 atom stereocenters. The maximum absolute atomic E-state index is 12.7. The summed E-state index contributed by atoms with van der Waals surface area (Å²) in [5.74, 6) is -0.0447. The number of amidine groups is 1. The molecule has 110 valence electrons. The summed E-state index contributed by atoms with van der Waals surface area (Å²) >= 11 is 1.31. The van der Waals surface area contributed by atoms with Crippen LogP contribution in [0.3, 0.4) is 0 Å². The number of anilines is 1. The van der Waals surface area contributed by atoms with Crippen LogP contribution in [0, 0.1) is 6.92 Å². The van der Waals surface area contributed by atoms with Crippen LogP contribution in [0.15, 0.2) is 41.0 Å². The molecule has 0 spiro atoms. The predicted molar refractivity (Wildman–Crippen MR) is 83.0 cm³/mol. The van der Waals surface area contributed by atoms with Crippen LogP contribution in [-0.2, 0) is 0 Å². The van der Waals surface area contributed by atoms with Gasteiger partial charge in [0.15, 0.2) is 0 Å². The van der Waals surface area contributed by atoms with E-state index in [1.807, 2.05) is 30.3 Å². The molecule has 3 N–H and O–H groups in total. The highest BCUT2D eigenvalue weighted by Crippen LogP contribution is 2.21. The number of amides is 1. The molecule has 1 heterocycles. The number of para-hydroxylation sites is 1. The summed E-state index contributed by atoms with van der Waals surface area (Å²) in [6.45, 7) is 2.13. The fourth-order valence-electron chi connectivity index (χ4n) is 1.86. The third-order valence-electron chi connectivity index (χ3n) is 2.97. The largest absolute Gasteiger partial charge is 0.409 e. The first-order valence-electron chi connectivity index (χ1n) is 6.37. The van der Waals surface area contributed by atoms with Gasteiger partial charge in [-0.2, -0.15) is 0 Å². The molecule has 0 unspecified atom stereocenters. The Balaban J connectivity index is 2.28. The Bertz CT molecular complexity index is 639. The molecule has 7 heteroatoms. The van der Waals surface area contributed by atoms with Gasteiger partial charge in [-0.15, -0.1) is 11.3 Å². The van der Waals surface area contributed by atoms with Crippen molar-refractivity contribution < 1.29 is 10.0 Å². The molecule has 0 saturated heterocycles. The van der Waals surface area contributed by atoms with Gasteiger partial charge in [0.2, 0.25) is 0 Å². The molecule has 21 heavy (non-hydrogen) atoms. The number of carbonyl (C=O) groups excluding carboxylic acids is 1. The van der Waals surface area contributed by atoms with Gasteiger partial charge >= 0.3 is 0 Å². The van der Waals surface area contributed by atoms with Crippen LogP contribution in [0.5, 0.6) is 0 Å². The standard InChI is InChI=1S/C14H16N4O2S/c1-10-13(21-9-16-10)14(19)18(8-7-12(15)17-20)11-5-3-2-4-6-11/h2-6,9,20H,7-8H2,1H3,(H2,15,17). The van der Waals surface area contributed by atoms with Crippen molar-refractivity contribution in [2.75, 3.05) is 11.4 Å². The molecule has 1 amide bonds. The Morgan fingerprint density at radius 3 is 2.71 bits per heavy atom. The summed E-state index contributed by atoms with van der Waals surface area (Å²) < 4.78 is 0. The Kier molecular flexibility index (Phi) is 4.89. The molecule has 0 aliphatic heterocycles. The summed E-state index contributed by atoms with van der Waals surface area (Å²) in [4.78, 5) is 19.0. The molecule has 0 radical (unpaired) electrons. The Morgan fingerprint density at radius 2 is 2.14 bits per heavy atom. The molecule has 2 aromatic rings. The molecule has 1 aromatic heterocycles. The van der Waals surface area contributed by atoms with Gasteiger partial charge in [-0.3, -0.25) is 4.79 Å². The maximum Gasteiger partial charge on any atom is 0.270 e. The van der Waals surface area contributed by atoms with Gasteiger partial charge in [0.25, 0.3) is 5.91 Å². The van der Waals surface area contributed by atoms with Gasteiger partial charge in [0.1, 0.15) is 10.7 Å². The number of carbonyl (C=O) groups is 1. The van der Waals surface area contributed by atoms with Crippen molar-refractivity contribution in [3.8, 4) is 0 Å². The fraction of sp³-hybridized carbons (Fsp3) is 0.214. The first kappa shape index (κ1) is 15.0. The van der Waals surface area contributed by atoms with E-state index in [9.17, 15) is 4.79 Å². The lowest BCUT2D eigenvalue weighted by molar-refractivity contribution is 0.0990. The average molecular weight is 304 g/mol. The van der Waals surface area contributed by atoms with Crippen molar-refractivity contribution >= 4 is 28.8 Å². The van der Waals surface area contributed by atoms with Gasteiger partial charge in [0.05, 0.1) is 11.2 Å². The van der Waals surface area contributed by atoms with Crippen LogP contribution in [0.25, 0.3) is 0 Å². The van der Waals surface area contributed by atoms with Crippen molar-refractivity contribution in [2.24, 2.45) is 10.9 Å². The third-order valence-corrected chi connectivity index (χ3v) is 3.89. The maximum atomic E-state index is 12.7. The molecule has 0 aliphatic carbocycles.